The third kappa shape index (κ3) is 4.48. The van der Waals surface area contributed by atoms with Gasteiger partial charge in [0.1, 0.15) is 0 Å². The van der Waals surface area contributed by atoms with E-state index in [1.165, 1.54) is 0 Å². The Morgan fingerprint density at radius 3 is 2.87 bits per heavy atom. The summed E-state index contributed by atoms with van der Waals surface area (Å²) >= 11 is 4.14. The fraction of sp³-hybridized carbons (Fsp3) is 0.300. The van der Waals surface area contributed by atoms with E-state index in [2.05, 4.69) is 17.9 Å². The standard InChI is InChI=1S/C10H13NO2S2/c1-15(13)6-5-11-10(12)8-3-2-4-9(14)7-8/h2-4,7,14H,5-6H2,1H3,(H,11,12). The van der Waals surface area contributed by atoms with Gasteiger partial charge in [0.25, 0.3) is 5.91 Å². The van der Waals surface area contributed by atoms with Crippen molar-refractivity contribution in [1.82, 2.24) is 5.32 Å². The van der Waals surface area contributed by atoms with Crippen molar-refractivity contribution in [3.05, 3.63) is 29.8 Å². The monoisotopic (exact) mass is 243 g/mol. The Morgan fingerprint density at radius 2 is 2.27 bits per heavy atom. The van der Waals surface area contributed by atoms with E-state index in [4.69, 9.17) is 0 Å². The molecule has 82 valence electrons. The molecule has 1 atom stereocenters. The van der Waals surface area contributed by atoms with Crippen molar-refractivity contribution < 1.29 is 9.00 Å². The number of amides is 1. The fourth-order valence-electron chi connectivity index (χ4n) is 1.06. The van der Waals surface area contributed by atoms with Gasteiger partial charge in [0.15, 0.2) is 0 Å². The van der Waals surface area contributed by atoms with Crippen LogP contribution in [-0.4, -0.2) is 28.7 Å². The topological polar surface area (TPSA) is 46.2 Å². The zero-order chi connectivity index (χ0) is 11.3. The molecule has 0 heterocycles. The molecule has 15 heavy (non-hydrogen) atoms. The second kappa shape index (κ2) is 5.92. The number of carbonyl (C=O) groups is 1. The molecule has 0 aliphatic carbocycles. The van der Waals surface area contributed by atoms with E-state index < -0.39 is 10.8 Å². The first-order valence-electron chi connectivity index (χ1n) is 4.47. The molecule has 1 rings (SSSR count). The highest BCUT2D eigenvalue weighted by Gasteiger charge is 2.04. The predicted molar refractivity (Wildman–Crippen MR) is 65.0 cm³/mol. The normalized spacial score (nSPS) is 12.1. The summed E-state index contributed by atoms with van der Waals surface area (Å²) in [5, 5.41) is 2.69. The minimum Gasteiger partial charge on any atom is -0.351 e. The van der Waals surface area contributed by atoms with Crippen molar-refractivity contribution in [2.24, 2.45) is 0 Å². The van der Waals surface area contributed by atoms with Gasteiger partial charge < -0.3 is 5.32 Å². The quantitative estimate of drug-likeness (QED) is 0.777. The summed E-state index contributed by atoms with van der Waals surface area (Å²) in [6.07, 6.45) is 1.61. The predicted octanol–water partition coefficient (Wildman–Crippen LogP) is 1.08. The molecule has 0 saturated carbocycles. The van der Waals surface area contributed by atoms with Crippen LogP contribution < -0.4 is 5.32 Å². The molecule has 0 bridgehead atoms. The lowest BCUT2D eigenvalue weighted by atomic mass is 10.2. The summed E-state index contributed by atoms with van der Waals surface area (Å²) in [7, 11) is -0.873. The average Bonchev–Trinajstić information content (AvgIpc) is 2.17. The second-order valence-electron chi connectivity index (χ2n) is 3.08. The van der Waals surface area contributed by atoms with Crippen LogP contribution in [0.15, 0.2) is 29.2 Å². The number of carbonyl (C=O) groups excluding carboxylic acids is 1. The zero-order valence-corrected chi connectivity index (χ0v) is 10.1. The minimum absolute atomic E-state index is 0.156. The van der Waals surface area contributed by atoms with Gasteiger partial charge in [0.2, 0.25) is 0 Å². The Kier molecular flexibility index (Phi) is 4.84. The number of hydrogen-bond donors (Lipinski definition) is 2. The van der Waals surface area contributed by atoms with Gasteiger partial charge in [0, 0.05) is 39.8 Å². The SMILES string of the molecule is CS(=O)CCNC(=O)c1cccc(S)c1. The molecule has 0 radical (unpaired) electrons. The molecule has 0 aliphatic rings. The van der Waals surface area contributed by atoms with Crippen LogP contribution in [0.4, 0.5) is 0 Å². The van der Waals surface area contributed by atoms with E-state index in [9.17, 15) is 9.00 Å². The molecule has 1 amide bonds. The lowest BCUT2D eigenvalue weighted by Gasteiger charge is -2.04. The van der Waals surface area contributed by atoms with Gasteiger partial charge in [-0.05, 0) is 18.2 Å². The van der Waals surface area contributed by atoms with Crippen molar-refractivity contribution in [2.75, 3.05) is 18.6 Å². The van der Waals surface area contributed by atoms with Gasteiger partial charge in [-0.1, -0.05) is 6.07 Å². The van der Waals surface area contributed by atoms with Gasteiger partial charge in [-0.2, -0.15) is 0 Å². The van der Waals surface area contributed by atoms with Crippen LogP contribution in [0.1, 0.15) is 10.4 Å². The van der Waals surface area contributed by atoms with E-state index in [1.54, 1.807) is 30.5 Å². The van der Waals surface area contributed by atoms with Gasteiger partial charge in [0.05, 0.1) is 0 Å². The summed E-state index contributed by atoms with van der Waals surface area (Å²) in [5.41, 5.74) is 0.574. The van der Waals surface area contributed by atoms with Gasteiger partial charge in [-0.15, -0.1) is 12.6 Å². The van der Waals surface area contributed by atoms with Crippen molar-refractivity contribution in [3.8, 4) is 0 Å². The Bertz CT molecular complexity index is 379. The van der Waals surface area contributed by atoms with Crippen LogP contribution in [0, 0.1) is 0 Å². The molecular weight excluding hydrogens is 230 g/mol. The second-order valence-corrected chi connectivity index (χ2v) is 5.15. The Balaban J connectivity index is 2.50. The lowest BCUT2D eigenvalue weighted by molar-refractivity contribution is 0.0956. The molecule has 0 saturated heterocycles. The largest absolute Gasteiger partial charge is 0.351 e. The molecule has 1 unspecified atom stereocenters. The highest BCUT2D eigenvalue weighted by Crippen LogP contribution is 2.08. The summed E-state index contributed by atoms with van der Waals surface area (Å²) in [6.45, 7) is 0.429. The van der Waals surface area contributed by atoms with Gasteiger partial charge in [-0.25, -0.2) is 0 Å². The molecule has 5 heteroatoms. The average molecular weight is 243 g/mol. The number of nitrogens with one attached hydrogen (secondary N) is 1. The molecule has 1 aromatic rings. The number of hydrogen-bond acceptors (Lipinski definition) is 3. The maximum absolute atomic E-state index is 11.5. The highest BCUT2D eigenvalue weighted by atomic mass is 32.2. The highest BCUT2D eigenvalue weighted by molar-refractivity contribution is 7.84. The van der Waals surface area contributed by atoms with Crippen LogP contribution in [-0.2, 0) is 10.8 Å². The summed E-state index contributed by atoms with van der Waals surface area (Å²) < 4.78 is 10.8. The molecule has 0 fully saturated rings. The molecule has 1 N–H and O–H groups in total. The minimum atomic E-state index is -0.873. The molecule has 0 spiro atoms. The number of thiol groups is 1. The third-order valence-electron chi connectivity index (χ3n) is 1.78. The maximum atomic E-state index is 11.5. The number of benzene rings is 1. The summed E-state index contributed by atoms with van der Waals surface area (Å²) in [5.74, 6) is 0.322. The molecular formula is C10H13NO2S2. The number of rotatable bonds is 4. The van der Waals surface area contributed by atoms with E-state index in [0.717, 1.165) is 4.90 Å². The van der Waals surface area contributed by atoms with Gasteiger partial charge in [-0.3, -0.25) is 9.00 Å². The molecule has 0 aliphatic heterocycles. The van der Waals surface area contributed by atoms with Gasteiger partial charge >= 0.3 is 0 Å². The maximum Gasteiger partial charge on any atom is 0.251 e. The van der Waals surface area contributed by atoms with Crippen LogP contribution in [0.5, 0.6) is 0 Å². The van der Waals surface area contributed by atoms with Crippen LogP contribution >= 0.6 is 12.6 Å². The van der Waals surface area contributed by atoms with E-state index in [1.807, 2.05) is 0 Å². The lowest BCUT2D eigenvalue weighted by Crippen LogP contribution is -2.27. The summed E-state index contributed by atoms with van der Waals surface area (Å²) in [6, 6.07) is 7.00. The van der Waals surface area contributed by atoms with Crippen molar-refractivity contribution in [1.29, 1.82) is 0 Å². The smallest absolute Gasteiger partial charge is 0.251 e. The Labute approximate surface area is 97.1 Å². The van der Waals surface area contributed by atoms with Crippen LogP contribution in [0.2, 0.25) is 0 Å². The fourth-order valence-corrected chi connectivity index (χ4v) is 1.67. The first-order chi connectivity index (χ1) is 7.09. The Hall–Kier alpha value is -0.810. The first-order valence-corrected chi connectivity index (χ1v) is 6.64. The molecule has 3 nitrogen and oxygen atoms in total. The van der Waals surface area contributed by atoms with Crippen molar-refractivity contribution in [2.45, 2.75) is 4.90 Å². The molecule has 1 aromatic carbocycles. The first kappa shape index (κ1) is 12.3. The van der Waals surface area contributed by atoms with E-state index >= 15 is 0 Å². The van der Waals surface area contributed by atoms with E-state index in [0.29, 0.717) is 17.9 Å². The summed E-state index contributed by atoms with van der Waals surface area (Å²) in [4.78, 5) is 12.3. The van der Waals surface area contributed by atoms with Crippen LogP contribution in [0.25, 0.3) is 0 Å². The van der Waals surface area contributed by atoms with Crippen molar-refractivity contribution in [3.63, 3.8) is 0 Å². The van der Waals surface area contributed by atoms with Crippen LogP contribution in [0.3, 0.4) is 0 Å². The van der Waals surface area contributed by atoms with E-state index in [-0.39, 0.29) is 5.91 Å². The van der Waals surface area contributed by atoms with Crippen molar-refractivity contribution >= 4 is 29.3 Å². The zero-order valence-electron chi connectivity index (χ0n) is 8.40. The molecule has 0 aromatic heterocycles. The third-order valence-corrected chi connectivity index (χ3v) is 2.84. The Morgan fingerprint density at radius 1 is 1.53 bits per heavy atom.